The topological polar surface area (TPSA) is 18.5 Å². The summed E-state index contributed by atoms with van der Waals surface area (Å²) in [5.74, 6) is 1.83. The van der Waals surface area contributed by atoms with Gasteiger partial charge >= 0.3 is 0 Å². The second kappa shape index (κ2) is 7.92. The van der Waals surface area contributed by atoms with Crippen LogP contribution >= 0.6 is 0 Å². The van der Waals surface area contributed by atoms with Crippen molar-refractivity contribution in [2.24, 2.45) is 0 Å². The number of unbranched alkanes of at least 4 members (excludes halogenated alkanes) is 2. The third-order valence-corrected chi connectivity index (χ3v) is 3.63. The summed E-state index contributed by atoms with van der Waals surface area (Å²) in [6.45, 7) is 7.94. The predicted octanol–water partition coefficient (Wildman–Crippen LogP) is 5.51. The van der Waals surface area contributed by atoms with Crippen LogP contribution in [0.15, 0.2) is 30.3 Å². The first-order chi connectivity index (χ1) is 10.3. The third kappa shape index (κ3) is 3.90. The molecule has 114 valence electrons. The number of ether oxygens (including phenoxy) is 2. The molecule has 21 heavy (non-hydrogen) atoms. The van der Waals surface area contributed by atoms with Gasteiger partial charge in [-0.05, 0) is 36.8 Å². The highest BCUT2D eigenvalue weighted by atomic mass is 16.5. The van der Waals surface area contributed by atoms with Crippen LogP contribution in [-0.4, -0.2) is 13.2 Å². The maximum atomic E-state index is 6.08. The molecule has 0 saturated heterocycles. The van der Waals surface area contributed by atoms with E-state index in [9.17, 15) is 0 Å². The molecule has 0 radical (unpaired) electrons. The molecule has 0 aliphatic rings. The zero-order chi connectivity index (χ0) is 15.1. The Balaban J connectivity index is 2.37. The molecule has 0 aliphatic carbocycles. The van der Waals surface area contributed by atoms with E-state index in [1.165, 1.54) is 5.39 Å². The van der Waals surface area contributed by atoms with E-state index in [0.717, 1.165) is 61.3 Å². The van der Waals surface area contributed by atoms with Gasteiger partial charge in [-0.3, -0.25) is 0 Å². The van der Waals surface area contributed by atoms with Crippen molar-refractivity contribution in [1.29, 1.82) is 0 Å². The number of fused-ring (bicyclic) bond motifs is 1. The summed E-state index contributed by atoms with van der Waals surface area (Å²) < 4.78 is 12.1. The first kappa shape index (κ1) is 15.7. The van der Waals surface area contributed by atoms with Crippen LogP contribution in [0.5, 0.6) is 11.5 Å². The molecule has 2 aromatic rings. The van der Waals surface area contributed by atoms with Crippen LogP contribution in [0.1, 0.15) is 45.1 Å². The van der Waals surface area contributed by atoms with E-state index < -0.39 is 0 Å². The summed E-state index contributed by atoms with van der Waals surface area (Å²) in [4.78, 5) is 0. The lowest BCUT2D eigenvalue weighted by molar-refractivity contribution is 0.263. The predicted molar refractivity (Wildman–Crippen MR) is 89.5 cm³/mol. The molecule has 0 unspecified atom stereocenters. The normalized spacial score (nSPS) is 10.8. The first-order valence-electron chi connectivity index (χ1n) is 8.05. The molecule has 0 N–H and O–H groups in total. The van der Waals surface area contributed by atoms with Crippen LogP contribution in [-0.2, 0) is 0 Å². The van der Waals surface area contributed by atoms with Crippen LogP contribution < -0.4 is 9.47 Å². The lowest BCUT2D eigenvalue weighted by Gasteiger charge is -2.17. The Morgan fingerprint density at radius 2 is 1.48 bits per heavy atom. The smallest absolute Gasteiger partial charge is 0.169 e. The molecular weight excluding hydrogens is 260 g/mol. The molecule has 0 spiro atoms. The zero-order valence-electron chi connectivity index (χ0n) is 13.4. The van der Waals surface area contributed by atoms with Crippen molar-refractivity contribution in [3.8, 4) is 11.5 Å². The van der Waals surface area contributed by atoms with Crippen LogP contribution in [0, 0.1) is 6.92 Å². The molecule has 0 heterocycles. The summed E-state index contributed by atoms with van der Waals surface area (Å²) in [5.41, 5.74) is 1.15. The highest BCUT2D eigenvalue weighted by Gasteiger charge is 2.13. The van der Waals surface area contributed by atoms with Gasteiger partial charge in [0, 0.05) is 5.39 Å². The van der Waals surface area contributed by atoms with Crippen molar-refractivity contribution in [2.75, 3.05) is 13.2 Å². The van der Waals surface area contributed by atoms with Gasteiger partial charge in [0.05, 0.1) is 13.2 Å². The van der Waals surface area contributed by atoms with Crippen LogP contribution in [0.25, 0.3) is 10.8 Å². The molecule has 0 aliphatic heterocycles. The van der Waals surface area contributed by atoms with Gasteiger partial charge in [-0.2, -0.15) is 0 Å². The maximum absolute atomic E-state index is 6.08. The largest absolute Gasteiger partial charge is 0.489 e. The fourth-order valence-electron chi connectivity index (χ4n) is 2.39. The van der Waals surface area contributed by atoms with Crippen molar-refractivity contribution in [1.82, 2.24) is 0 Å². The molecule has 0 atom stereocenters. The Morgan fingerprint density at radius 1 is 0.857 bits per heavy atom. The van der Waals surface area contributed by atoms with E-state index in [4.69, 9.17) is 9.47 Å². The molecule has 2 aromatic carbocycles. The lowest BCUT2D eigenvalue weighted by atomic mass is 10.1. The van der Waals surface area contributed by atoms with E-state index in [2.05, 4.69) is 51.1 Å². The zero-order valence-corrected chi connectivity index (χ0v) is 13.4. The highest BCUT2D eigenvalue weighted by molar-refractivity contribution is 5.91. The van der Waals surface area contributed by atoms with Crippen molar-refractivity contribution in [3.63, 3.8) is 0 Å². The molecule has 0 fully saturated rings. The van der Waals surface area contributed by atoms with E-state index >= 15 is 0 Å². The van der Waals surface area contributed by atoms with Crippen molar-refractivity contribution >= 4 is 10.8 Å². The van der Waals surface area contributed by atoms with Crippen LogP contribution in [0.4, 0.5) is 0 Å². The van der Waals surface area contributed by atoms with Crippen LogP contribution in [0.3, 0.4) is 0 Å². The minimum atomic E-state index is 0.744. The Labute approximate surface area is 128 Å². The summed E-state index contributed by atoms with van der Waals surface area (Å²) >= 11 is 0. The van der Waals surface area contributed by atoms with Gasteiger partial charge in [-0.1, -0.05) is 51.0 Å². The third-order valence-electron chi connectivity index (χ3n) is 3.63. The standard InChI is InChI=1S/C19H26O2/c1-4-6-12-20-18-15(3)14-16-10-8-9-11-17(16)19(18)21-13-7-5-2/h8-11,14H,4-7,12-13H2,1-3H3. The number of rotatable bonds is 8. The second-order valence-corrected chi connectivity index (χ2v) is 5.48. The van der Waals surface area contributed by atoms with E-state index in [0.29, 0.717) is 0 Å². The number of aryl methyl sites for hydroxylation is 1. The highest BCUT2D eigenvalue weighted by Crippen LogP contribution is 2.39. The fourth-order valence-corrected chi connectivity index (χ4v) is 2.39. The number of hydrogen-bond donors (Lipinski definition) is 0. The summed E-state index contributed by atoms with van der Waals surface area (Å²) in [5, 5.41) is 2.36. The second-order valence-electron chi connectivity index (χ2n) is 5.48. The van der Waals surface area contributed by atoms with Gasteiger partial charge in [0.25, 0.3) is 0 Å². The van der Waals surface area contributed by atoms with Gasteiger partial charge in [0.1, 0.15) is 0 Å². The van der Waals surface area contributed by atoms with E-state index in [-0.39, 0.29) is 0 Å². The number of benzene rings is 2. The van der Waals surface area contributed by atoms with Crippen LogP contribution in [0.2, 0.25) is 0 Å². The van der Waals surface area contributed by atoms with Crippen molar-refractivity contribution in [2.45, 2.75) is 46.5 Å². The first-order valence-corrected chi connectivity index (χ1v) is 8.05. The Kier molecular flexibility index (Phi) is 5.91. The van der Waals surface area contributed by atoms with Crippen molar-refractivity contribution < 1.29 is 9.47 Å². The van der Waals surface area contributed by atoms with Gasteiger partial charge < -0.3 is 9.47 Å². The SMILES string of the molecule is CCCCOc1c(C)cc2ccccc2c1OCCCC. The molecule has 2 rings (SSSR count). The summed E-state index contributed by atoms with van der Waals surface area (Å²) in [6, 6.07) is 10.5. The Morgan fingerprint density at radius 3 is 2.14 bits per heavy atom. The summed E-state index contributed by atoms with van der Waals surface area (Å²) in [6.07, 6.45) is 4.41. The quantitative estimate of drug-likeness (QED) is 0.596. The van der Waals surface area contributed by atoms with Gasteiger partial charge in [0.2, 0.25) is 0 Å². The van der Waals surface area contributed by atoms with Crippen molar-refractivity contribution in [3.05, 3.63) is 35.9 Å². The monoisotopic (exact) mass is 286 g/mol. The van der Waals surface area contributed by atoms with E-state index in [1.807, 2.05) is 0 Å². The molecule has 0 amide bonds. The fraction of sp³-hybridized carbons (Fsp3) is 0.474. The van der Waals surface area contributed by atoms with Gasteiger partial charge in [0.15, 0.2) is 11.5 Å². The average Bonchev–Trinajstić information content (AvgIpc) is 2.49. The number of hydrogen-bond acceptors (Lipinski definition) is 2. The van der Waals surface area contributed by atoms with Gasteiger partial charge in [-0.15, -0.1) is 0 Å². The molecule has 0 saturated carbocycles. The Hall–Kier alpha value is -1.70. The molecule has 2 heteroatoms. The minimum absolute atomic E-state index is 0.744. The molecule has 2 nitrogen and oxygen atoms in total. The Bertz CT molecular complexity index is 575. The molecule has 0 aromatic heterocycles. The average molecular weight is 286 g/mol. The maximum Gasteiger partial charge on any atom is 0.169 e. The van der Waals surface area contributed by atoms with E-state index in [1.54, 1.807) is 0 Å². The lowest BCUT2D eigenvalue weighted by Crippen LogP contribution is -2.04. The summed E-state index contributed by atoms with van der Waals surface area (Å²) in [7, 11) is 0. The molecular formula is C19H26O2. The minimum Gasteiger partial charge on any atom is -0.489 e. The molecule has 0 bridgehead atoms. The van der Waals surface area contributed by atoms with Gasteiger partial charge in [-0.25, -0.2) is 0 Å².